The maximum absolute atomic E-state index is 10.6. The molecule has 0 bridgehead atoms. The van der Waals surface area contributed by atoms with E-state index in [2.05, 4.69) is 0 Å². The van der Waals surface area contributed by atoms with Gasteiger partial charge in [-0.15, -0.1) is 0 Å². The second-order valence-electron chi connectivity index (χ2n) is 2.95. The number of carboxylic acid groups (broad SMARTS) is 1. The minimum absolute atomic E-state index is 0.353. The molecule has 0 radical (unpaired) electrons. The van der Waals surface area contributed by atoms with Gasteiger partial charge in [-0.1, -0.05) is 0 Å². The molecule has 1 atom stereocenters. The third-order valence-electron chi connectivity index (χ3n) is 2.15. The average Bonchev–Trinajstić information content (AvgIpc) is 2.05. The van der Waals surface area contributed by atoms with E-state index in [0.717, 1.165) is 0 Å². The normalized spacial score (nSPS) is 27.5. The minimum Gasteiger partial charge on any atom is -0.481 e. The standard InChI is InChI=1S/C8H12N2O2/c9-4-6-3-5(8(11)12)1-2-7(6)10/h4-5,10H,1-3,9H2,(H,11,12)/b6-4-,10-7?. The molecule has 0 amide bonds. The van der Waals surface area contributed by atoms with E-state index in [0.29, 0.717) is 30.5 Å². The van der Waals surface area contributed by atoms with Crippen LogP contribution in [0.1, 0.15) is 19.3 Å². The first-order valence-electron chi connectivity index (χ1n) is 3.86. The summed E-state index contributed by atoms with van der Waals surface area (Å²) in [7, 11) is 0. The molecular formula is C8H12N2O2. The van der Waals surface area contributed by atoms with Crippen LogP contribution in [-0.2, 0) is 4.79 Å². The highest BCUT2D eigenvalue weighted by atomic mass is 16.4. The third kappa shape index (κ3) is 1.64. The second kappa shape index (κ2) is 3.38. The van der Waals surface area contributed by atoms with Crippen LogP contribution in [0.25, 0.3) is 0 Å². The Morgan fingerprint density at radius 3 is 2.92 bits per heavy atom. The Balaban J connectivity index is 2.68. The molecule has 1 unspecified atom stereocenters. The van der Waals surface area contributed by atoms with E-state index in [4.69, 9.17) is 16.2 Å². The maximum atomic E-state index is 10.6. The molecular weight excluding hydrogens is 156 g/mol. The molecule has 0 spiro atoms. The van der Waals surface area contributed by atoms with Gasteiger partial charge in [0.25, 0.3) is 0 Å². The van der Waals surface area contributed by atoms with Gasteiger partial charge in [0, 0.05) is 5.71 Å². The molecule has 0 aromatic rings. The predicted molar refractivity (Wildman–Crippen MR) is 45.0 cm³/mol. The first-order chi connectivity index (χ1) is 5.65. The molecule has 1 aliphatic rings. The van der Waals surface area contributed by atoms with E-state index < -0.39 is 5.97 Å². The lowest BCUT2D eigenvalue weighted by molar-refractivity contribution is -0.141. The number of hydrogen-bond acceptors (Lipinski definition) is 3. The highest BCUT2D eigenvalue weighted by Gasteiger charge is 2.25. The third-order valence-corrected chi connectivity index (χ3v) is 2.15. The average molecular weight is 168 g/mol. The van der Waals surface area contributed by atoms with E-state index in [9.17, 15) is 4.79 Å². The van der Waals surface area contributed by atoms with Gasteiger partial charge in [0.15, 0.2) is 0 Å². The predicted octanol–water partition coefficient (Wildman–Crippen LogP) is 0.733. The summed E-state index contributed by atoms with van der Waals surface area (Å²) in [5.74, 6) is -1.14. The van der Waals surface area contributed by atoms with Gasteiger partial charge in [-0.05, 0) is 31.0 Å². The summed E-state index contributed by atoms with van der Waals surface area (Å²) in [5, 5.41) is 16.1. The van der Waals surface area contributed by atoms with Crippen molar-refractivity contribution in [3.63, 3.8) is 0 Å². The van der Waals surface area contributed by atoms with Crippen LogP contribution in [0.5, 0.6) is 0 Å². The van der Waals surface area contributed by atoms with E-state index in [1.54, 1.807) is 0 Å². The molecule has 1 saturated carbocycles. The monoisotopic (exact) mass is 168 g/mol. The highest BCUT2D eigenvalue weighted by Crippen LogP contribution is 2.25. The quantitative estimate of drug-likeness (QED) is 0.539. The molecule has 0 heterocycles. The molecule has 12 heavy (non-hydrogen) atoms. The summed E-state index contributed by atoms with van der Waals surface area (Å²) >= 11 is 0. The van der Waals surface area contributed by atoms with Crippen LogP contribution in [-0.4, -0.2) is 16.8 Å². The fourth-order valence-electron chi connectivity index (χ4n) is 1.35. The number of hydrogen-bond donors (Lipinski definition) is 3. The Bertz CT molecular complexity index is 245. The smallest absolute Gasteiger partial charge is 0.306 e. The fourth-order valence-corrected chi connectivity index (χ4v) is 1.35. The van der Waals surface area contributed by atoms with Crippen molar-refractivity contribution >= 4 is 11.7 Å². The van der Waals surface area contributed by atoms with Crippen LogP contribution < -0.4 is 5.73 Å². The molecule has 1 rings (SSSR count). The van der Waals surface area contributed by atoms with Crippen LogP contribution >= 0.6 is 0 Å². The van der Waals surface area contributed by atoms with Crippen molar-refractivity contribution in [2.45, 2.75) is 19.3 Å². The van der Waals surface area contributed by atoms with Gasteiger partial charge < -0.3 is 16.2 Å². The van der Waals surface area contributed by atoms with Crippen molar-refractivity contribution < 1.29 is 9.90 Å². The van der Waals surface area contributed by atoms with Crippen molar-refractivity contribution in [2.75, 3.05) is 0 Å². The lowest BCUT2D eigenvalue weighted by atomic mass is 9.85. The largest absolute Gasteiger partial charge is 0.481 e. The van der Waals surface area contributed by atoms with E-state index in [1.807, 2.05) is 0 Å². The zero-order chi connectivity index (χ0) is 9.14. The first-order valence-corrected chi connectivity index (χ1v) is 3.86. The Morgan fingerprint density at radius 1 is 1.75 bits per heavy atom. The Morgan fingerprint density at radius 2 is 2.42 bits per heavy atom. The van der Waals surface area contributed by atoms with Crippen LogP contribution in [0.3, 0.4) is 0 Å². The second-order valence-corrected chi connectivity index (χ2v) is 2.95. The Labute approximate surface area is 70.6 Å². The van der Waals surface area contributed by atoms with E-state index in [1.165, 1.54) is 6.20 Å². The molecule has 4 N–H and O–H groups in total. The van der Waals surface area contributed by atoms with Gasteiger partial charge in [0.1, 0.15) is 0 Å². The summed E-state index contributed by atoms with van der Waals surface area (Å²) in [6.45, 7) is 0. The number of rotatable bonds is 1. The number of carbonyl (C=O) groups is 1. The van der Waals surface area contributed by atoms with Crippen LogP contribution in [0.4, 0.5) is 0 Å². The lowest BCUT2D eigenvalue weighted by Gasteiger charge is -2.20. The Hall–Kier alpha value is -1.32. The number of aliphatic carboxylic acids is 1. The molecule has 4 heteroatoms. The summed E-state index contributed by atoms with van der Waals surface area (Å²) in [6, 6.07) is 0. The topological polar surface area (TPSA) is 87.2 Å². The summed E-state index contributed by atoms with van der Waals surface area (Å²) in [4.78, 5) is 10.6. The zero-order valence-electron chi connectivity index (χ0n) is 6.71. The van der Waals surface area contributed by atoms with Crippen molar-refractivity contribution in [3.8, 4) is 0 Å². The molecule has 4 nitrogen and oxygen atoms in total. The van der Waals surface area contributed by atoms with Crippen molar-refractivity contribution in [1.29, 1.82) is 5.41 Å². The van der Waals surface area contributed by atoms with E-state index in [-0.39, 0.29) is 5.92 Å². The molecule has 66 valence electrons. The minimum atomic E-state index is -0.790. The van der Waals surface area contributed by atoms with Crippen molar-refractivity contribution in [2.24, 2.45) is 11.7 Å². The van der Waals surface area contributed by atoms with Gasteiger partial charge in [-0.3, -0.25) is 4.79 Å². The highest BCUT2D eigenvalue weighted by molar-refractivity contribution is 5.99. The number of nitrogens with one attached hydrogen (secondary N) is 1. The lowest BCUT2D eigenvalue weighted by Crippen LogP contribution is -2.23. The van der Waals surface area contributed by atoms with Crippen LogP contribution in [0, 0.1) is 11.3 Å². The Kier molecular flexibility index (Phi) is 2.47. The van der Waals surface area contributed by atoms with Gasteiger partial charge >= 0.3 is 5.97 Å². The molecule has 0 aliphatic heterocycles. The van der Waals surface area contributed by atoms with Gasteiger partial charge in [-0.2, -0.15) is 0 Å². The van der Waals surface area contributed by atoms with Gasteiger partial charge in [0.2, 0.25) is 0 Å². The van der Waals surface area contributed by atoms with Crippen molar-refractivity contribution in [3.05, 3.63) is 11.8 Å². The molecule has 1 aliphatic carbocycles. The molecule has 0 aromatic carbocycles. The number of carboxylic acids is 1. The fraction of sp³-hybridized carbons (Fsp3) is 0.500. The molecule has 1 fully saturated rings. The number of nitrogens with two attached hydrogens (primary N) is 1. The maximum Gasteiger partial charge on any atom is 0.306 e. The van der Waals surface area contributed by atoms with E-state index >= 15 is 0 Å². The summed E-state index contributed by atoms with van der Waals surface area (Å²) in [6.07, 6.45) is 2.84. The molecule has 0 saturated heterocycles. The first kappa shape index (κ1) is 8.77. The van der Waals surface area contributed by atoms with Crippen LogP contribution in [0.2, 0.25) is 0 Å². The molecule has 0 aromatic heterocycles. The SMILES string of the molecule is N=C1CCC(C(=O)O)C/C1=C/N. The number of allylic oxidation sites excluding steroid dienone is 1. The zero-order valence-corrected chi connectivity index (χ0v) is 6.71. The van der Waals surface area contributed by atoms with Gasteiger partial charge in [-0.25, -0.2) is 0 Å². The van der Waals surface area contributed by atoms with Crippen molar-refractivity contribution in [1.82, 2.24) is 0 Å². The summed E-state index contributed by atoms with van der Waals surface area (Å²) < 4.78 is 0. The van der Waals surface area contributed by atoms with Gasteiger partial charge in [0.05, 0.1) is 5.92 Å². The van der Waals surface area contributed by atoms with Crippen LogP contribution in [0.15, 0.2) is 11.8 Å². The summed E-state index contributed by atoms with van der Waals surface area (Å²) in [5.41, 5.74) is 6.42.